The molecule has 1 aliphatic rings. The first-order chi connectivity index (χ1) is 9.04. The summed E-state index contributed by atoms with van der Waals surface area (Å²) in [6.45, 7) is -0.136. The molecule has 6 heteroatoms. The number of carbonyl (C=O) groups is 3. The zero-order valence-corrected chi connectivity index (χ0v) is 11.4. The minimum absolute atomic E-state index is 0.0853. The van der Waals surface area contributed by atoms with Crippen molar-refractivity contribution in [3.8, 4) is 12.3 Å². The van der Waals surface area contributed by atoms with Gasteiger partial charge in [0.1, 0.15) is 6.54 Å². The first-order valence-corrected chi connectivity index (χ1v) is 6.20. The number of fused-ring (bicyclic) bond motifs is 1. The summed E-state index contributed by atoms with van der Waals surface area (Å²) in [6.07, 6.45) is 5.02. The number of anilines is 1. The largest absolute Gasteiger partial charge is 0.344 e. The van der Waals surface area contributed by atoms with Crippen LogP contribution in [-0.2, 0) is 9.59 Å². The van der Waals surface area contributed by atoms with E-state index in [0.29, 0.717) is 15.7 Å². The molecule has 0 atom stereocenters. The Hall–Kier alpha value is -2.13. The fourth-order valence-corrected chi connectivity index (χ4v) is 2.14. The first-order valence-electron chi connectivity index (χ1n) is 5.40. The summed E-state index contributed by atoms with van der Waals surface area (Å²) < 4.78 is 0.700. The van der Waals surface area contributed by atoms with E-state index < -0.39 is 17.6 Å². The van der Waals surface area contributed by atoms with Crippen LogP contribution in [0, 0.1) is 12.3 Å². The molecule has 5 nitrogen and oxygen atoms in total. The van der Waals surface area contributed by atoms with Crippen molar-refractivity contribution in [2.24, 2.45) is 0 Å². The number of terminal acetylenes is 1. The van der Waals surface area contributed by atoms with Crippen molar-refractivity contribution in [1.82, 2.24) is 5.32 Å². The fraction of sp³-hybridized carbons (Fsp3) is 0.154. The summed E-state index contributed by atoms with van der Waals surface area (Å²) in [5, 5.41) is 2.45. The van der Waals surface area contributed by atoms with E-state index in [1.807, 2.05) is 0 Å². The molecule has 0 radical (unpaired) electrons. The molecule has 0 aromatic heterocycles. The molecule has 0 aliphatic carbocycles. The van der Waals surface area contributed by atoms with E-state index in [0.717, 1.165) is 4.90 Å². The summed E-state index contributed by atoms with van der Waals surface area (Å²) in [6, 6.07) is 4.89. The maximum atomic E-state index is 11.8. The third-order valence-corrected chi connectivity index (χ3v) is 3.12. The number of nitrogens with zero attached hydrogens (tertiary/aromatic N) is 1. The maximum Gasteiger partial charge on any atom is 0.299 e. The van der Waals surface area contributed by atoms with Gasteiger partial charge >= 0.3 is 0 Å². The SMILES string of the molecule is C#CCNC(=O)CN1C(=O)C(=O)c2cc(Br)ccc21. The molecule has 1 heterocycles. The van der Waals surface area contributed by atoms with Gasteiger partial charge in [-0.05, 0) is 18.2 Å². The van der Waals surface area contributed by atoms with Crippen molar-refractivity contribution in [3.05, 3.63) is 28.2 Å². The number of amides is 2. The first kappa shape index (κ1) is 13.3. The van der Waals surface area contributed by atoms with Crippen molar-refractivity contribution in [2.45, 2.75) is 0 Å². The smallest absolute Gasteiger partial charge is 0.299 e. The number of rotatable bonds is 3. The molecule has 0 unspecified atom stereocenters. The van der Waals surface area contributed by atoms with E-state index in [-0.39, 0.29) is 13.1 Å². The maximum absolute atomic E-state index is 11.8. The highest BCUT2D eigenvalue weighted by Gasteiger charge is 2.36. The van der Waals surface area contributed by atoms with Crippen LogP contribution in [0.5, 0.6) is 0 Å². The predicted octanol–water partition coefficient (Wildman–Crippen LogP) is 0.728. The lowest BCUT2D eigenvalue weighted by atomic mass is 10.1. The van der Waals surface area contributed by atoms with Gasteiger partial charge in [-0.25, -0.2) is 0 Å². The lowest BCUT2D eigenvalue weighted by molar-refractivity contribution is -0.121. The molecule has 1 aromatic rings. The van der Waals surface area contributed by atoms with Crippen LogP contribution in [0.2, 0.25) is 0 Å². The van der Waals surface area contributed by atoms with Crippen molar-refractivity contribution in [1.29, 1.82) is 0 Å². The Morgan fingerprint density at radius 3 is 2.84 bits per heavy atom. The van der Waals surface area contributed by atoms with Crippen LogP contribution < -0.4 is 10.2 Å². The number of hydrogen-bond donors (Lipinski definition) is 1. The van der Waals surface area contributed by atoms with E-state index in [4.69, 9.17) is 6.42 Å². The van der Waals surface area contributed by atoms with Gasteiger partial charge in [0.05, 0.1) is 17.8 Å². The number of carbonyl (C=O) groups excluding carboxylic acids is 3. The second kappa shape index (κ2) is 5.24. The Kier molecular flexibility index (Phi) is 3.67. The summed E-state index contributed by atoms with van der Waals surface area (Å²) >= 11 is 3.23. The molecule has 1 aliphatic heterocycles. The average molecular weight is 321 g/mol. The molecule has 0 saturated carbocycles. The van der Waals surface area contributed by atoms with Crippen LogP contribution in [0.1, 0.15) is 10.4 Å². The number of Topliss-reactive ketones (excluding diaryl/α,β-unsaturated/α-hetero) is 1. The van der Waals surface area contributed by atoms with Gasteiger partial charge in [-0.2, -0.15) is 0 Å². The monoisotopic (exact) mass is 320 g/mol. The number of ketones is 1. The minimum atomic E-state index is -0.705. The Labute approximate surface area is 118 Å². The zero-order chi connectivity index (χ0) is 14.0. The van der Waals surface area contributed by atoms with Crippen LogP contribution in [0.15, 0.2) is 22.7 Å². The fourth-order valence-electron chi connectivity index (χ4n) is 1.78. The van der Waals surface area contributed by atoms with Crippen molar-refractivity contribution in [2.75, 3.05) is 18.0 Å². The van der Waals surface area contributed by atoms with Gasteiger partial charge in [-0.3, -0.25) is 19.3 Å². The molecule has 0 fully saturated rings. The van der Waals surface area contributed by atoms with Crippen molar-refractivity contribution < 1.29 is 14.4 Å². The summed E-state index contributed by atoms with van der Waals surface area (Å²) in [7, 11) is 0. The zero-order valence-electron chi connectivity index (χ0n) is 9.77. The van der Waals surface area contributed by atoms with E-state index in [1.54, 1.807) is 18.2 Å². The Bertz CT molecular complexity index is 619. The minimum Gasteiger partial charge on any atom is -0.344 e. The quantitative estimate of drug-likeness (QED) is 0.659. The molecule has 2 amide bonds. The highest BCUT2D eigenvalue weighted by atomic mass is 79.9. The van der Waals surface area contributed by atoms with E-state index in [2.05, 4.69) is 27.2 Å². The lowest BCUT2D eigenvalue weighted by Crippen LogP contribution is -2.40. The van der Waals surface area contributed by atoms with Gasteiger partial charge in [0, 0.05) is 4.47 Å². The molecule has 1 aromatic carbocycles. The van der Waals surface area contributed by atoms with Crippen molar-refractivity contribution in [3.63, 3.8) is 0 Å². The van der Waals surface area contributed by atoms with Gasteiger partial charge in [0.25, 0.3) is 11.7 Å². The van der Waals surface area contributed by atoms with E-state index in [9.17, 15) is 14.4 Å². The van der Waals surface area contributed by atoms with Gasteiger partial charge in [-0.1, -0.05) is 21.9 Å². The standard InChI is InChI=1S/C13H9BrN2O3/c1-2-5-15-11(17)7-16-10-4-3-8(14)6-9(10)12(18)13(16)19/h1,3-4,6H,5,7H2,(H,15,17). The van der Waals surface area contributed by atoms with Gasteiger partial charge in [-0.15, -0.1) is 6.42 Å². The number of nitrogens with one attached hydrogen (secondary N) is 1. The Balaban J connectivity index is 2.24. The third kappa shape index (κ3) is 2.51. The van der Waals surface area contributed by atoms with E-state index >= 15 is 0 Å². The molecular weight excluding hydrogens is 312 g/mol. The highest BCUT2D eigenvalue weighted by Crippen LogP contribution is 2.30. The van der Waals surface area contributed by atoms with Crippen molar-refractivity contribution >= 4 is 39.2 Å². The summed E-state index contributed by atoms with van der Waals surface area (Å²) in [4.78, 5) is 36.3. The molecule has 0 spiro atoms. The molecule has 0 saturated heterocycles. The van der Waals surface area contributed by atoms with Gasteiger partial charge in [0.15, 0.2) is 0 Å². The van der Waals surface area contributed by atoms with Crippen LogP contribution in [0.3, 0.4) is 0 Å². The number of hydrogen-bond acceptors (Lipinski definition) is 3. The molecule has 96 valence electrons. The average Bonchev–Trinajstić information content (AvgIpc) is 2.61. The van der Waals surface area contributed by atoms with Crippen LogP contribution >= 0.6 is 15.9 Å². The summed E-state index contributed by atoms with van der Waals surface area (Å²) in [5.74, 6) is 0.539. The molecule has 19 heavy (non-hydrogen) atoms. The third-order valence-electron chi connectivity index (χ3n) is 2.62. The summed E-state index contributed by atoms with van der Waals surface area (Å²) in [5.41, 5.74) is 0.734. The predicted molar refractivity (Wildman–Crippen MR) is 72.7 cm³/mol. The van der Waals surface area contributed by atoms with Crippen LogP contribution in [0.4, 0.5) is 5.69 Å². The Morgan fingerprint density at radius 1 is 1.42 bits per heavy atom. The normalized spacial score (nSPS) is 13.2. The second-order valence-electron chi connectivity index (χ2n) is 3.86. The molecule has 1 N–H and O–H groups in total. The van der Waals surface area contributed by atoms with E-state index in [1.165, 1.54) is 0 Å². The number of benzene rings is 1. The van der Waals surface area contributed by atoms with Gasteiger partial charge in [0.2, 0.25) is 5.91 Å². The van der Waals surface area contributed by atoms with Crippen LogP contribution in [-0.4, -0.2) is 30.7 Å². The molecular formula is C13H9BrN2O3. The molecule has 2 rings (SSSR count). The van der Waals surface area contributed by atoms with Gasteiger partial charge < -0.3 is 5.32 Å². The van der Waals surface area contributed by atoms with Crippen LogP contribution in [0.25, 0.3) is 0 Å². The lowest BCUT2D eigenvalue weighted by Gasteiger charge is -2.15. The highest BCUT2D eigenvalue weighted by molar-refractivity contribution is 9.10. The number of halogens is 1. The molecule has 0 bridgehead atoms. The Morgan fingerprint density at radius 2 is 2.16 bits per heavy atom. The topological polar surface area (TPSA) is 66.5 Å². The second-order valence-corrected chi connectivity index (χ2v) is 4.78.